The van der Waals surface area contributed by atoms with Gasteiger partial charge in [0.05, 0.1) is 38.5 Å². The summed E-state index contributed by atoms with van der Waals surface area (Å²) in [6.45, 7) is 3.01. The van der Waals surface area contributed by atoms with Crippen molar-refractivity contribution < 1.29 is 18.4 Å². The van der Waals surface area contributed by atoms with Gasteiger partial charge in [-0.1, -0.05) is 12.8 Å². The average Bonchev–Trinajstić information content (AvgIpc) is 2.42. The van der Waals surface area contributed by atoms with Gasteiger partial charge in [-0.2, -0.15) is 18.8 Å². The molecule has 0 saturated heterocycles. The number of hydrogen-bond acceptors (Lipinski definition) is 6. The maximum Gasteiger partial charge on any atom is 0.477 e. The third-order valence-corrected chi connectivity index (χ3v) is 5.06. The summed E-state index contributed by atoms with van der Waals surface area (Å²) in [6, 6.07) is 1.99. The Balaban J connectivity index is 3.55. The van der Waals surface area contributed by atoms with E-state index in [9.17, 15) is 4.79 Å². The van der Waals surface area contributed by atoms with Crippen molar-refractivity contribution in [3.63, 3.8) is 0 Å². The molecule has 0 saturated carbocycles. The van der Waals surface area contributed by atoms with Crippen molar-refractivity contribution in [2.24, 2.45) is 0 Å². The van der Waals surface area contributed by atoms with Gasteiger partial charge in [-0.3, -0.25) is 4.79 Å². The Kier molecular flexibility index (Phi) is 12.1. The lowest BCUT2D eigenvalue weighted by atomic mass is 10.2. The van der Waals surface area contributed by atoms with Crippen molar-refractivity contribution in [1.29, 1.82) is 5.26 Å². The average molecular weight is 323 g/mol. The van der Waals surface area contributed by atoms with Gasteiger partial charge in [0, 0.05) is 13.5 Å². The van der Waals surface area contributed by atoms with Gasteiger partial charge in [0.1, 0.15) is 6.61 Å². The number of hydrogen-bond donors (Lipinski definition) is 2. The fourth-order valence-corrected chi connectivity index (χ4v) is 2.83. The number of nitriles is 1. The monoisotopic (exact) mass is 323 g/mol. The quantitative estimate of drug-likeness (QED) is 0.328. The van der Waals surface area contributed by atoms with Crippen LogP contribution in [0.3, 0.4) is 0 Å². The van der Waals surface area contributed by atoms with Crippen LogP contribution in [0.2, 0.25) is 0 Å². The maximum absolute atomic E-state index is 10.6. The molecule has 0 bridgehead atoms. The van der Waals surface area contributed by atoms with E-state index in [1.54, 1.807) is 0 Å². The van der Waals surface area contributed by atoms with E-state index in [2.05, 4.69) is 17.6 Å². The molecule has 0 rings (SSSR count). The van der Waals surface area contributed by atoms with Crippen molar-refractivity contribution in [1.82, 2.24) is 5.32 Å². The van der Waals surface area contributed by atoms with Crippen LogP contribution in [-0.4, -0.2) is 32.8 Å². The minimum atomic E-state index is -2.57. The lowest BCUT2D eigenvalue weighted by Crippen LogP contribution is -2.20. The number of thiol groups is 1. The summed E-state index contributed by atoms with van der Waals surface area (Å²) in [5, 5.41) is 11.2. The first kappa shape index (κ1) is 19.6. The van der Waals surface area contributed by atoms with Gasteiger partial charge in [-0.15, -0.1) is 0 Å². The lowest BCUT2D eigenvalue weighted by molar-refractivity contribution is -0.118. The first-order valence-electron chi connectivity index (χ1n) is 6.62. The predicted octanol–water partition coefficient (Wildman–Crippen LogP) is 2.88. The van der Waals surface area contributed by atoms with E-state index in [1.165, 1.54) is 14.0 Å². The van der Waals surface area contributed by atoms with Crippen LogP contribution >= 0.6 is 19.4 Å². The zero-order valence-electron chi connectivity index (χ0n) is 12.1. The molecule has 0 aliphatic carbocycles. The zero-order chi connectivity index (χ0) is 15.3. The number of amides is 1. The first-order valence-corrected chi connectivity index (χ1v) is 9.31. The van der Waals surface area contributed by atoms with E-state index < -0.39 is 7.15 Å². The Labute approximate surface area is 126 Å². The highest BCUT2D eigenvalue weighted by molar-refractivity contribution is 8.47. The third kappa shape index (κ3) is 11.4. The molecule has 0 heterocycles. The second-order valence-corrected chi connectivity index (χ2v) is 7.41. The van der Waals surface area contributed by atoms with Gasteiger partial charge in [-0.05, 0) is 12.8 Å². The van der Waals surface area contributed by atoms with E-state index in [0.29, 0.717) is 6.61 Å². The van der Waals surface area contributed by atoms with Crippen LogP contribution in [0, 0.1) is 11.3 Å². The molecule has 0 aliphatic rings. The van der Waals surface area contributed by atoms with E-state index in [0.717, 1.165) is 32.2 Å². The highest BCUT2D eigenvalue weighted by Gasteiger charge is 2.39. The van der Waals surface area contributed by atoms with Crippen molar-refractivity contribution in [3.05, 3.63) is 0 Å². The number of unbranched alkanes of at least 4 members (excludes halogenated alkanes) is 3. The molecule has 20 heavy (non-hydrogen) atoms. The summed E-state index contributed by atoms with van der Waals surface area (Å²) in [5.41, 5.74) is 0. The molecule has 1 N–H and O–H groups in total. The standard InChI is InChI=1S/C12H23N2O4PS/c1-12(15)14-9-5-3-4-6-10-17-19(20,16-2)18-11-7-8-13/h20H,3-7,9-11H2,1-2H3/p+1. The van der Waals surface area contributed by atoms with Crippen LogP contribution in [0.5, 0.6) is 0 Å². The number of nitrogens with one attached hydrogen (secondary N) is 1. The molecule has 8 heteroatoms. The second kappa shape index (κ2) is 12.4. The van der Waals surface area contributed by atoms with E-state index in [4.69, 9.17) is 18.8 Å². The number of carbonyl (C=O) groups excluding carboxylic acids is 1. The Morgan fingerprint density at radius 3 is 2.50 bits per heavy atom. The summed E-state index contributed by atoms with van der Waals surface area (Å²) in [6.07, 6.45) is 4.18. The second-order valence-electron chi connectivity index (χ2n) is 4.12. The molecule has 116 valence electrons. The third-order valence-electron chi connectivity index (χ3n) is 2.40. The van der Waals surface area contributed by atoms with E-state index in [-0.39, 0.29) is 18.9 Å². The van der Waals surface area contributed by atoms with Crippen molar-refractivity contribution >= 4 is 25.3 Å². The normalized spacial score (nSPS) is 13.5. The Morgan fingerprint density at radius 2 is 1.90 bits per heavy atom. The Hall–Kier alpha value is -0.380. The van der Waals surface area contributed by atoms with E-state index in [1.807, 2.05) is 6.07 Å². The minimum Gasteiger partial charge on any atom is -0.356 e. The van der Waals surface area contributed by atoms with Crippen LogP contribution in [0.1, 0.15) is 39.0 Å². The molecule has 0 aliphatic heterocycles. The van der Waals surface area contributed by atoms with Gasteiger partial charge in [0.25, 0.3) is 0 Å². The maximum atomic E-state index is 10.6. The van der Waals surface area contributed by atoms with Crippen LogP contribution in [0.15, 0.2) is 0 Å². The van der Waals surface area contributed by atoms with Crippen molar-refractivity contribution in [3.8, 4) is 6.07 Å². The smallest absolute Gasteiger partial charge is 0.356 e. The molecular formula is C12H24N2O4PS+. The molecule has 1 atom stereocenters. The van der Waals surface area contributed by atoms with E-state index >= 15 is 0 Å². The summed E-state index contributed by atoms with van der Waals surface area (Å²) in [5.74, 6) is 0.00704. The molecule has 1 unspecified atom stereocenters. The van der Waals surface area contributed by atoms with Gasteiger partial charge in [0.2, 0.25) is 5.91 Å². The zero-order valence-corrected chi connectivity index (χ0v) is 13.9. The fourth-order valence-electron chi connectivity index (χ4n) is 1.37. The lowest BCUT2D eigenvalue weighted by Gasteiger charge is -2.13. The highest BCUT2D eigenvalue weighted by Crippen LogP contribution is 2.66. The van der Waals surface area contributed by atoms with Crippen LogP contribution in [0.4, 0.5) is 0 Å². The van der Waals surface area contributed by atoms with Gasteiger partial charge in [0.15, 0.2) is 0 Å². The summed E-state index contributed by atoms with van der Waals surface area (Å²) in [4.78, 5) is 10.6. The fraction of sp³-hybridized carbons (Fsp3) is 0.833. The molecule has 0 spiro atoms. The van der Waals surface area contributed by atoms with Crippen LogP contribution in [-0.2, 0) is 18.4 Å². The Bertz CT molecular complexity index is 314. The summed E-state index contributed by atoms with van der Waals surface area (Å²) >= 11 is 4.26. The molecule has 0 aromatic heterocycles. The summed E-state index contributed by atoms with van der Waals surface area (Å²) < 4.78 is 16.0. The minimum absolute atomic E-state index is 0.00704. The Morgan fingerprint density at radius 1 is 1.25 bits per heavy atom. The van der Waals surface area contributed by atoms with Crippen LogP contribution in [0.25, 0.3) is 0 Å². The molecule has 0 aromatic carbocycles. The highest BCUT2D eigenvalue weighted by atomic mass is 32.7. The van der Waals surface area contributed by atoms with Crippen molar-refractivity contribution in [2.75, 3.05) is 26.9 Å². The number of carbonyl (C=O) groups is 1. The first-order chi connectivity index (χ1) is 9.54. The van der Waals surface area contributed by atoms with Gasteiger partial charge < -0.3 is 5.32 Å². The summed E-state index contributed by atoms with van der Waals surface area (Å²) in [7, 11) is -1.08. The van der Waals surface area contributed by atoms with Gasteiger partial charge in [-0.25, -0.2) is 0 Å². The number of nitrogens with zero attached hydrogens (tertiary/aromatic N) is 1. The SMILES string of the molecule is CO[P+](S)(OCCC#N)OCCCCCCNC(C)=O. The molecule has 0 aromatic rings. The molecule has 0 radical (unpaired) electrons. The van der Waals surface area contributed by atoms with Crippen LogP contribution < -0.4 is 5.32 Å². The molecule has 6 nitrogen and oxygen atoms in total. The predicted molar refractivity (Wildman–Crippen MR) is 82.2 cm³/mol. The molecule has 0 fully saturated rings. The molecular weight excluding hydrogens is 299 g/mol. The van der Waals surface area contributed by atoms with Crippen molar-refractivity contribution in [2.45, 2.75) is 39.0 Å². The molecule has 1 amide bonds. The largest absolute Gasteiger partial charge is 0.477 e. The topological polar surface area (TPSA) is 80.6 Å². The van der Waals surface area contributed by atoms with Gasteiger partial charge >= 0.3 is 7.15 Å². The number of rotatable bonds is 12.